The summed E-state index contributed by atoms with van der Waals surface area (Å²) in [4.78, 5) is 23.8. The summed E-state index contributed by atoms with van der Waals surface area (Å²) < 4.78 is 31.8. The number of amides is 1. The summed E-state index contributed by atoms with van der Waals surface area (Å²) in [7, 11) is -2.73. The van der Waals surface area contributed by atoms with Gasteiger partial charge < -0.3 is 10.1 Å². The van der Waals surface area contributed by atoms with Gasteiger partial charge in [0.25, 0.3) is 0 Å². The van der Waals surface area contributed by atoms with Gasteiger partial charge in [-0.25, -0.2) is 8.42 Å². The molecule has 2 aromatic rings. The van der Waals surface area contributed by atoms with E-state index in [-0.39, 0.29) is 24.4 Å². The van der Waals surface area contributed by atoms with Crippen molar-refractivity contribution in [2.45, 2.75) is 17.4 Å². The molecule has 0 aromatic heterocycles. The van der Waals surface area contributed by atoms with Gasteiger partial charge in [-0.05, 0) is 22.9 Å². The lowest BCUT2D eigenvalue weighted by molar-refractivity contribution is -0.144. The second kappa shape index (κ2) is 6.81. The minimum absolute atomic E-state index is 0.0933. The Labute approximate surface area is 145 Å². The maximum Gasteiger partial charge on any atom is 0.307 e. The number of carbonyl (C=O) groups is 2. The first-order chi connectivity index (χ1) is 11.9. The fourth-order valence-electron chi connectivity index (χ4n) is 2.88. The van der Waals surface area contributed by atoms with E-state index in [0.717, 1.165) is 15.1 Å². The van der Waals surface area contributed by atoms with Crippen LogP contribution in [0.5, 0.6) is 0 Å². The number of nitrogens with zero attached hydrogens (tertiary/aromatic N) is 1. The highest BCUT2D eigenvalue weighted by Crippen LogP contribution is 2.25. The maximum atomic E-state index is 13.1. The van der Waals surface area contributed by atoms with Crippen molar-refractivity contribution in [3.8, 4) is 0 Å². The first-order valence-electron chi connectivity index (χ1n) is 7.78. The number of sulfonamides is 1. The molecule has 1 aliphatic rings. The molecule has 1 fully saturated rings. The smallest absolute Gasteiger partial charge is 0.307 e. The Balaban J connectivity index is 2.00. The zero-order chi connectivity index (χ0) is 18.0. The van der Waals surface area contributed by atoms with Crippen molar-refractivity contribution in [2.24, 2.45) is 0 Å². The van der Waals surface area contributed by atoms with Gasteiger partial charge in [-0.3, -0.25) is 9.59 Å². The molecule has 1 aliphatic heterocycles. The lowest BCUT2D eigenvalue weighted by atomic mass is 10.1. The topological polar surface area (TPSA) is 92.8 Å². The summed E-state index contributed by atoms with van der Waals surface area (Å²) in [5.41, 5.74) is 0. The predicted molar refractivity (Wildman–Crippen MR) is 91.3 cm³/mol. The first-order valence-corrected chi connectivity index (χ1v) is 9.22. The lowest BCUT2D eigenvalue weighted by Gasteiger charge is -2.33. The van der Waals surface area contributed by atoms with Gasteiger partial charge in [0, 0.05) is 13.1 Å². The molecule has 8 heteroatoms. The summed E-state index contributed by atoms with van der Waals surface area (Å²) in [6.07, 6.45) is -0.324. The monoisotopic (exact) mass is 362 g/mol. The zero-order valence-electron chi connectivity index (χ0n) is 13.6. The van der Waals surface area contributed by atoms with Gasteiger partial charge in [0.2, 0.25) is 15.9 Å². The third-order valence-corrected chi connectivity index (χ3v) is 6.10. The number of methoxy groups -OCH3 is 1. The molecular weight excluding hydrogens is 344 g/mol. The average Bonchev–Trinajstić information content (AvgIpc) is 2.62. The van der Waals surface area contributed by atoms with Crippen LogP contribution in [-0.2, 0) is 24.3 Å². The molecule has 0 bridgehead atoms. The quantitative estimate of drug-likeness (QED) is 0.816. The Bertz CT molecular complexity index is 926. The fourth-order valence-corrected chi connectivity index (χ4v) is 4.50. The van der Waals surface area contributed by atoms with Crippen LogP contribution in [0.15, 0.2) is 47.4 Å². The summed E-state index contributed by atoms with van der Waals surface area (Å²) in [5.74, 6) is -1.14. The highest BCUT2D eigenvalue weighted by atomic mass is 32.2. The Morgan fingerprint density at radius 3 is 2.68 bits per heavy atom. The van der Waals surface area contributed by atoms with Gasteiger partial charge in [-0.1, -0.05) is 30.3 Å². The van der Waals surface area contributed by atoms with Gasteiger partial charge >= 0.3 is 5.97 Å². The van der Waals surface area contributed by atoms with E-state index in [1.807, 2.05) is 24.3 Å². The number of ether oxygens (including phenoxy) is 1. The van der Waals surface area contributed by atoms with Crippen LogP contribution in [0.4, 0.5) is 0 Å². The molecule has 0 aliphatic carbocycles. The number of hydrogen-bond acceptors (Lipinski definition) is 5. The Hall–Kier alpha value is -2.45. The van der Waals surface area contributed by atoms with Crippen molar-refractivity contribution in [1.82, 2.24) is 9.62 Å². The van der Waals surface area contributed by atoms with Crippen LogP contribution >= 0.6 is 0 Å². The first kappa shape index (κ1) is 17.4. The number of piperazine rings is 1. The molecule has 0 saturated carbocycles. The zero-order valence-corrected chi connectivity index (χ0v) is 14.5. The van der Waals surface area contributed by atoms with E-state index >= 15 is 0 Å². The van der Waals surface area contributed by atoms with Crippen molar-refractivity contribution in [2.75, 3.05) is 20.2 Å². The Morgan fingerprint density at radius 2 is 1.96 bits per heavy atom. The van der Waals surface area contributed by atoms with Crippen LogP contribution in [0.25, 0.3) is 10.8 Å². The van der Waals surface area contributed by atoms with Crippen molar-refractivity contribution >= 4 is 32.7 Å². The molecule has 1 amide bonds. The van der Waals surface area contributed by atoms with E-state index in [4.69, 9.17) is 0 Å². The standard InChI is InChI=1S/C17H18N2O5S/c1-24-16(20)11-15-17(21)18-8-9-19(15)25(22,23)14-7-6-12-4-2-3-5-13(12)10-14/h2-7,10,15H,8-9,11H2,1H3,(H,18,21)/t15-/m0/s1. The largest absolute Gasteiger partial charge is 0.469 e. The molecule has 1 heterocycles. The molecule has 0 unspecified atom stereocenters. The SMILES string of the molecule is COC(=O)C[C@H]1C(=O)NCCN1S(=O)(=O)c1ccc2ccccc2c1. The molecule has 1 saturated heterocycles. The summed E-state index contributed by atoms with van der Waals surface area (Å²) in [6.45, 7) is 0.297. The van der Waals surface area contributed by atoms with Crippen molar-refractivity contribution < 1.29 is 22.7 Å². The molecule has 1 atom stereocenters. The van der Waals surface area contributed by atoms with E-state index < -0.39 is 27.9 Å². The van der Waals surface area contributed by atoms with E-state index in [1.54, 1.807) is 12.1 Å². The van der Waals surface area contributed by atoms with Gasteiger partial charge in [0.1, 0.15) is 6.04 Å². The number of esters is 1. The molecule has 0 radical (unpaired) electrons. The van der Waals surface area contributed by atoms with Gasteiger partial charge in [0.05, 0.1) is 18.4 Å². The van der Waals surface area contributed by atoms with Crippen molar-refractivity contribution in [3.05, 3.63) is 42.5 Å². The second-order valence-electron chi connectivity index (χ2n) is 5.71. The normalized spacial score (nSPS) is 18.8. The molecular formula is C17H18N2O5S. The minimum Gasteiger partial charge on any atom is -0.469 e. The van der Waals surface area contributed by atoms with Crippen molar-refractivity contribution in [1.29, 1.82) is 0 Å². The molecule has 7 nitrogen and oxygen atoms in total. The van der Waals surface area contributed by atoms with E-state index in [0.29, 0.717) is 0 Å². The van der Waals surface area contributed by atoms with Crippen molar-refractivity contribution in [3.63, 3.8) is 0 Å². The van der Waals surface area contributed by atoms with Crippen LogP contribution in [0.3, 0.4) is 0 Å². The lowest BCUT2D eigenvalue weighted by Crippen LogP contribution is -2.57. The maximum absolute atomic E-state index is 13.1. The van der Waals surface area contributed by atoms with Gasteiger partial charge in [-0.15, -0.1) is 0 Å². The third-order valence-electron chi connectivity index (χ3n) is 4.20. The molecule has 0 spiro atoms. The number of benzene rings is 2. The number of nitrogens with one attached hydrogen (secondary N) is 1. The van der Waals surface area contributed by atoms with Crippen LogP contribution in [-0.4, -0.2) is 50.8 Å². The van der Waals surface area contributed by atoms with Crippen LogP contribution in [0, 0.1) is 0 Å². The molecule has 3 rings (SSSR count). The molecule has 2 aromatic carbocycles. The van der Waals surface area contributed by atoms with E-state index in [9.17, 15) is 18.0 Å². The number of rotatable bonds is 4. The molecule has 25 heavy (non-hydrogen) atoms. The average molecular weight is 362 g/mol. The number of hydrogen-bond donors (Lipinski definition) is 1. The van der Waals surface area contributed by atoms with Crippen LogP contribution < -0.4 is 5.32 Å². The number of fused-ring (bicyclic) bond motifs is 1. The predicted octanol–water partition coefficient (Wildman–Crippen LogP) is 0.892. The van der Waals surface area contributed by atoms with Gasteiger partial charge in [0.15, 0.2) is 0 Å². The summed E-state index contributed by atoms with van der Waals surface area (Å²) in [5, 5.41) is 4.30. The Kier molecular flexibility index (Phi) is 4.73. The second-order valence-corrected chi connectivity index (χ2v) is 7.60. The van der Waals surface area contributed by atoms with Crippen LogP contribution in [0.2, 0.25) is 0 Å². The molecule has 1 N–H and O–H groups in total. The molecule has 132 valence electrons. The summed E-state index contributed by atoms with van der Waals surface area (Å²) >= 11 is 0. The van der Waals surface area contributed by atoms with E-state index in [2.05, 4.69) is 10.1 Å². The fraction of sp³-hybridized carbons (Fsp3) is 0.294. The third kappa shape index (κ3) is 3.35. The number of carbonyl (C=O) groups excluding carboxylic acids is 2. The summed E-state index contributed by atoms with van der Waals surface area (Å²) in [6, 6.07) is 11.1. The highest BCUT2D eigenvalue weighted by molar-refractivity contribution is 7.89. The van der Waals surface area contributed by atoms with E-state index in [1.165, 1.54) is 13.2 Å². The van der Waals surface area contributed by atoms with Gasteiger partial charge in [-0.2, -0.15) is 4.31 Å². The van der Waals surface area contributed by atoms with Crippen LogP contribution in [0.1, 0.15) is 6.42 Å². The minimum atomic E-state index is -3.92. The highest BCUT2D eigenvalue weighted by Gasteiger charge is 2.39. The Morgan fingerprint density at radius 1 is 1.24 bits per heavy atom.